The summed E-state index contributed by atoms with van der Waals surface area (Å²) in [6.07, 6.45) is 9.15. The molecule has 0 amide bonds. The Kier molecular flexibility index (Phi) is 7.33. The second-order valence-corrected chi connectivity index (χ2v) is 3.96. The van der Waals surface area contributed by atoms with Gasteiger partial charge in [-0.05, 0) is 13.8 Å². The van der Waals surface area contributed by atoms with Crippen LogP contribution in [0.5, 0.6) is 0 Å². The molecule has 0 spiro atoms. The quantitative estimate of drug-likeness (QED) is 0.408. The normalized spacial score (nSPS) is 9.67. The van der Waals surface area contributed by atoms with E-state index >= 15 is 0 Å². The number of hydrogen-bond acceptors (Lipinski definition) is 0. The van der Waals surface area contributed by atoms with Gasteiger partial charge in [0.1, 0.15) is 6.71 Å². The van der Waals surface area contributed by atoms with Crippen molar-refractivity contribution in [1.82, 2.24) is 0 Å². The van der Waals surface area contributed by atoms with Crippen molar-refractivity contribution in [2.24, 2.45) is 0 Å². The predicted molar refractivity (Wildman–Crippen MR) is 60.2 cm³/mol. The second-order valence-electron chi connectivity index (χ2n) is 3.96. The lowest BCUT2D eigenvalue weighted by molar-refractivity contribution is 0.998. The number of allylic oxidation sites excluding steroid dienone is 2. The van der Waals surface area contributed by atoms with E-state index in [0.717, 1.165) is 6.71 Å². The Hall–Kier alpha value is -0.195. The summed E-state index contributed by atoms with van der Waals surface area (Å²) in [6, 6.07) is 0. The standard InChI is InChI=1S/C11H23B/c1-5-8-12(9-6-2)10-7-11(3)4/h7H,5-6,8-10H2,1-4H3. The Morgan fingerprint density at radius 2 is 1.58 bits per heavy atom. The van der Waals surface area contributed by atoms with Crippen LogP contribution < -0.4 is 0 Å². The van der Waals surface area contributed by atoms with Gasteiger partial charge in [-0.2, -0.15) is 0 Å². The summed E-state index contributed by atoms with van der Waals surface area (Å²) < 4.78 is 0. The third kappa shape index (κ3) is 6.51. The Labute approximate surface area is 78.5 Å². The van der Waals surface area contributed by atoms with Crippen LogP contribution in [0, 0.1) is 0 Å². The molecule has 0 aromatic rings. The molecule has 0 nitrogen and oxygen atoms in total. The Morgan fingerprint density at radius 1 is 1.08 bits per heavy atom. The molecule has 0 aliphatic carbocycles. The first-order valence-electron chi connectivity index (χ1n) is 5.34. The van der Waals surface area contributed by atoms with Crippen LogP contribution in [0.25, 0.3) is 0 Å². The molecule has 0 N–H and O–H groups in total. The lowest BCUT2D eigenvalue weighted by atomic mass is 9.42. The minimum Gasteiger partial charge on any atom is -0.0931 e. The number of hydrogen-bond donors (Lipinski definition) is 0. The van der Waals surface area contributed by atoms with Crippen molar-refractivity contribution in [2.75, 3.05) is 0 Å². The second kappa shape index (κ2) is 7.45. The van der Waals surface area contributed by atoms with E-state index in [-0.39, 0.29) is 0 Å². The average Bonchev–Trinajstić information content (AvgIpc) is 2.01. The molecule has 0 heterocycles. The summed E-state index contributed by atoms with van der Waals surface area (Å²) >= 11 is 0. The molecule has 0 atom stereocenters. The van der Waals surface area contributed by atoms with Crippen LogP contribution in [0.4, 0.5) is 0 Å². The molecule has 12 heavy (non-hydrogen) atoms. The van der Waals surface area contributed by atoms with Gasteiger partial charge in [0, 0.05) is 0 Å². The van der Waals surface area contributed by atoms with E-state index in [4.69, 9.17) is 0 Å². The van der Waals surface area contributed by atoms with E-state index in [0.29, 0.717) is 0 Å². The van der Waals surface area contributed by atoms with E-state index in [1.54, 1.807) is 0 Å². The first kappa shape index (κ1) is 11.8. The van der Waals surface area contributed by atoms with Crippen LogP contribution >= 0.6 is 0 Å². The van der Waals surface area contributed by atoms with Gasteiger partial charge in [0.2, 0.25) is 0 Å². The molecular formula is C11H23B. The van der Waals surface area contributed by atoms with E-state index < -0.39 is 0 Å². The van der Waals surface area contributed by atoms with Crippen molar-refractivity contribution < 1.29 is 0 Å². The maximum Gasteiger partial charge on any atom is 0.143 e. The van der Waals surface area contributed by atoms with Crippen LogP contribution in [-0.2, 0) is 0 Å². The van der Waals surface area contributed by atoms with Crippen molar-refractivity contribution in [3.05, 3.63) is 11.6 Å². The Morgan fingerprint density at radius 3 is 1.92 bits per heavy atom. The molecule has 0 aliphatic heterocycles. The fraction of sp³-hybridized carbons (Fsp3) is 0.818. The lowest BCUT2D eigenvalue weighted by Gasteiger charge is -2.08. The zero-order valence-electron chi connectivity index (χ0n) is 9.19. The smallest absolute Gasteiger partial charge is 0.0931 e. The minimum absolute atomic E-state index is 0.940. The van der Waals surface area contributed by atoms with Gasteiger partial charge in [-0.25, -0.2) is 0 Å². The van der Waals surface area contributed by atoms with E-state index in [1.165, 1.54) is 37.4 Å². The molecule has 0 saturated carbocycles. The van der Waals surface area contributed by atoms with Gasteiger partial charge in [0.25, 0.3) is 0 Å². The molecule has 0 fully saturated rings. The summed E-state index contributed by atoms with van der Waals surface area (Å²) in [5.41, 5.74) is 1.47. The molecule has 0 aromatic heterocycles. The molecule has 0 unspecified atom stereocenters. The third-order valence-corrected chi connectivity index (χ3v) is 2.25. The van der Waals surface area contributed by atoms with E-state index in [1.807, 2.05) is 0 Å². The van der Waals surface area contributed by atoms with E-state index in [9.17, 15) is 0 Å². The topological polar surface area (TPSA) is 0 Å². The van der Waals surface area contributed by atoms with Crippen LogP contribution in [0.15, 0.2) is 11.6 Å². The monoisotopic (exact) mass is 166 g/mol. The highest BCUT2D eigenvalue weighted by atomic mass is 13.8. The fourth-order valence-corrected chi connectivity index (χ4v) is 1.60. The molecule has 0 aliphatic rings. The zero-order valence-corrected chi connectivity index (χ0v) is 9.19. The first-order chi connectivity index (χ1) is 5.70. The highest BCUT2D eigenvalue weighted by molar-refractivity contribution is 6.59. The molecule has 1 heteroatoms. The molecular weight excluding hydrogens is 143 g/mol. The zero-order chi connectivity index (χ0) is 9.40. The summed E-state index contributed by atoms with van der Waals surface area (Å²) in [4.78, 5) is 0. The fourth-order valence-electron chi connectivity index (χ4n) is 1.60. The molecule has 70 valence electrons. The summed E-state index contributed by atoms with van der Waals surface area (Å²) in [5.74, 6) is 0. The van der Waals surface area contributed by atoms with Gasteiger partial charge in [-0.1, -0.05) is 57.3 Å². The van der Waals surface area contributed by atoms with Crippen LogP contribution in [0.2, 0.25) is 19.0 Å². The maximum atomic E-state index is 2.38. The maximum absolute atomic E-state index is 2.38. The molecule has 0 radical (unpaired) electrons. The SMILES string of the molecule is CCCB(CC=C(C)C)CCC. The number of rotatable bonds is 6. The predicted octanol–water partition coefficient (Wildman–Crippen LogP) is 4.27. The summed E-state index contributed by atoms with van der Waals surface area (Å²) in [6.45, 7) is 9.88. The van der Waals surface area contributed by atoms with Crippen molar-refractivity contribution in [1.29, 1.82) is 0 Å². The highest BCUT2D eigenvalue weighted by Crippen LogP contribution is 2.12. The van der Waals surface area contributed by atoms with Crippen molar-refractivity contribution >= 4 is 6.71 Å². The highest BCUT2D eigenvalue weighted by Gasteiger charge is 2.08. The van der Waals surface area contributed by atoms with Crippen molar-refractivity contribution in [3.63, 3.8) is 0 Å². The largest absolute Gasteiger partial charge is 0.143 e. The van der Waals surface area contributed by atoms with Gasteiger partial charge in [0.15, 0.2) is 0 Å². The third-order valence-electron chi connectivity index (χ3n) is 2.25. The lowest BCUT2D eigenvalue weighted by Crippen LogP contribution is -2.09. The van der Waals surface area contributed by atoms with Gasteiger partial charge >= 0.3 is 0 Å². The van der Waals surface area contributed by atoms with E-state index in [2.05, 4.69) is 33.8 Å². The van der Waals surface area contributed by atoms with Crippen LogP contribution in [-0.4, -0.2) is 6.71 Å². The Balaban J connectivity index is 3.69. The summed E-state index contributed by atoms with van der Waals surface area (Å²) in [7, 11) is 0. The first-order valence-corrected chi connectivity index (χ1v) is 5.34. The molecule has 0 saturated heterocycles. The van der Waals surface area contributed by atoms with Crippen LogP contribution in [0.1, 0.15) is 40.5 Å². The van der Waals surface area contributed by atoms with Gasteiger partial charge in [-0.15, -0.1) is 0 Å². The molecule has 0 bridgehead atoms. The van der Waals surface area contributed by atoms with Crippen molar-refractivity contribution in [2.45, 2.75) is 59.5 Å². The Bertz CT molecular complexity index is 117. The molecule has 0 aromatic carbocycles. The average molecular weight is 166 g/mol. The summed E-state index contributed by atoms with van der Waals surface area (Å²) in [5, 5.41) is 0. The van der Waals surface area contributed by atoms with Crippen molar-refractivity contribution in [3.8, 4) is 0 Å². The van der Waals surface area contributed by atoms with Gasteiger partial charge < -0.3 is 0 Å². The minimum atomic E-state index is 0.940. The van der Waals surface area contributed by atoms with Crippen LogP contribution in [0.3, 0.4) is 0 Å². The molecule has 0 rings (SSSR count). The van der Waals surface area contributed by atoms with Gasteiger partial charge in [-0.3, -0.25) is 0 Å². The van der Waals surface area contributed by atoms with Gasteiger partial charge in [0.05, 0.1) is 0 Å².